The minimum absolute atomic E-state index is 0.370. The number of carboxylic acid groups (broad SMARTS) is 1. The average molecular weight is 160 g/mol. The molecule has 0 radical (unpaired) electrons. The molecule has 0 aliphatic carbocycles. The zero-order valence-corrected chi connectivity index (χ0v) is 7.07. The van der Waals surface area contributed by atoms with E-state index in [1.54, 1.807) is 18.7 Å². The molecular formula is C7H12O2S. The van der Waals surface area contributed by atoms with Crippen LogP contribution in [0.5, 0.6) is 0 Å². The fraction of sp³-hybridized carbons (Fsp3) is 0.857. The summed E-state index contributed by atoms with van der Waals surface area (Å²) >= 11 is 1.57. The van der Waals surface area contributed by atoms with Crippen LogP contribution in [0.1, 0.15) is 26.7 Å². The Morgan fingerprint density at radius 1 is 1.80 bits per heavy atom. The van der Waals surface area contributed by atoms with Gasteiger partial charge in [0.2, 0.25) is 0 Å². The van der Waals surface area contributed by atoms with Gasteiger partial charge in [-0.05, 0) is 13.3 Å². The Labute approximate surface area is 65.0 Å². The molecule has 58 valence electrons. The van der Waals surface area contributed by atoms with Gasteiger partial charge in [0.05, 0.1) is 0 Å². The Hall–Kier alpha value is -0.180. The fourth-order valence-electron chi connectivity index (χ4n) is 1.05. The molecule has 2 atom stereocenters. The van der Waals surface area contributed by atoms with E-state index in [-0.39, 0.29) is 0 Å². The number of carboxylic acids is 1. The van der Waals surface area contributed by atoms with Crippen LogP contribution in [-0.4, -0.2) is 21.1 Å². The van der Waals surface area contributed by atoms with E-state index >= 15 is 0 Å². The number of aliphatic carboxylic acids is 1. The molecule has 1 heterocycles. The van der Waals surface area contributed by atoms with E-state index in [0.717, 1.165) is 12.8 Å². The zero-order valence-electron chi connectivity index (χ0n) is 6.26. The second-order valence-corrected chi connectivity index (χ2v) is 4.46. The third kappa shape index (κ3) is 1.15. The summed E-state index contributed by atoms with van der Waals surface area (Å²) < 4.78 is -0.448. The standard InChI is InChI=1S/C7H12O2S/c1-3-4-5-7(2,10-5)6(8)9/h5H,3-4H2,1-2H3,(H,8,9). The van der Waals surface area contributed by atoms with E-state index in [2.05, 4.69) is 6.92 Å². The van der Waals surface area contributed by atoms with Crippen LogP contribution in [0.15, 0.2) is 0 Å². The summed E-state index contributed by atoms with van der Waals surface area (Å²) in [5.74, 6) is -0.657. The van der Waals surface area contributed by atoms with Crippen molar-refractivity contribution in [1.29, 1.82) is 0 Å². The Morgan fingerprint density at radius 3 is 2.70 bits per heavy atom. The van der Waals surface area contributed by atoms with Crippen LogP contribution >= 0.6 is 11.8 Å². The van der Waals surface area contributed by atoms with Crippen LogP contribution < -0.4 is 0 Å². The molecule has 0 aromatic rings. The van der Waals surface area contributed by atoms with Gasteiger partial charge >= 0.3 is 5.97 Å². The van der Waals surface area contributed by atoms with Gasteiger partial charge in [-0.25, -0.2) is 0 Å². The molecule has 0 amide bonds. The summed E-state index contributed by atoms with van der Waals surface area (Å²) in [4.78, 5) is 10.5. The summed E-state index contributed by atoms with van der Waals surface area (Å²) in [6, 6.07) is 0. The third-order valence-electron chi connectivity index (χ3n) is 1.92. The second kappa shape index (κ2) is 2.46. The summed E-state index contributed by atoms with van der Waals surface area (Å²) in [6.07, 6.45) is 2.12. The minimum Gasteiger partial charge on any atom is -0.480 e. The first kappa shape index (κ1) is 7.92. The maximum Gasteiger partial charge on any atom is 0.320 e. The smallest absolute Gasteiger partial charge is 0.320 e. The van der Waals surface area contributed by atoms with E-state index < -0.39 is 10.7 Å². The summed E-state index contributed by atoms with van der Waals surface area (Å²) in [7, 11) is 0. The van der Waals surface area contributed by atoms with Crippen LogP contribution in [-0.2, 0) is 4.79 Å². The van der Waals surface area contributed by atoms with E-state index in [0.29, 0.717) is 5.25 Å². The molecule has 10 heavy (non-hydrogen) atoms. The summed E-state index contributed by atoms with van der Waals surface area (Å²) in [5, 5.41) is 9.06. The van der Waals surface area contributed by atoms with E-state index in [1.165, 1.54) is 0 Å². The third-order valence-corrected chi connectivity index (χ3v) is 3.61. The molecule has 0 aromatic heterocycles. The van der Waals surface area contributed by atoms with Gasteiger partial charge in [-0.3, -0.25) is 4.79 Å². The predicted molar refractivity (Wildman–Crippen MR) is 42.3 cm³/mol. The molecule has 1 N–H and O–H groups in total. The Bertz CT molecular complexity index is 158. The SMILES string of the molecule is CCCC1SC1(C)C(=O)O. The van der Waals surface area contributed by atoms with Gasteiger partial charge in [0, 0.05) is 5.25 Å². The molecule has 3 heteroatoms. The van der Waals surface area contributed by atoms with Gasteiger partial charge in [-0.2, -0.15) is 0 Å². The molecule has 2 unspecified atom stereocenters. The van der Waals surface area contributed by atoms with Gasteiger partial charge in [0.15, 0.2) is 0 Å². The highest BCUT2D eigenvalue weighted by atomic mass is 32.2. The van der Waals surface area contributed by atoms with Crippen molar-refractivity contribution in [2.24, 2.45) is 0 Å². The van der Waals surface area contributed by atoms with Crippen LogP contribution in [0.4, 0.5) is 0 Å². The normalized spacial score (nSPS) is 37.6. The monoisotopic (exact) mass is 160 g/mol. The summed E-state index contributed by atoms with van der Waals surface area (Å²) in [5.41, 5.74) is 0. The first-order valence-electron chi connectivity index (χ1n) is 3.52. The van der Waals surface area contributed by atoms with Crippen molar-refractivity contribution < 1.29 is 9.90 Å². The molecule has 0 aromatic carbocycles. The first-order valence-corrected chi connectivity index (χ1v) is 4.40. The van der Waals surface area contributed by atoms with Crippen molar-refractivity contribution in [2.75, 3.05) is 0 Å². The van der Waals surface area contributed by atoms with Crippen molar-refractivity contribution in [2.45, 2.75) is 36.7 Å². The number of rotatable bonds is 3. The van der Waals surface area contributed by atoms with Gasteiger partial charge in [0.1, 0.15) is 4.75 Å². The molecule has 2 nitrogen and oxygen atoms in total. The van der Waals surface area contributed by atoms with Crippen molar-refractivity contribution in [3.8, 4) is 0 Å². The number of hydrogen-bond acceptors (Lipinski definition) is 2. The predicted octanol–water partition coefficient (Wildman–Crippen LogP) is 1.75. The molecule has 0 saturated carbocycles. The van der Waals surface area contributed by atoms with E-state index in [9.17, 15) is 4.79 Å². The molecule has 1 aliphatic rings. The highest BCUT2D eigenvalue weighted by Gasteiger charge is 2.56. The lowest BCUT2D eigenvalue weighted by Crippen LogP contribution is -2.21. The molecule has 0 bridgehead atoms. The minimum atomic E-state index is -0.657. The maximum absolute atomic E-state index is 10.5. The molecule has 1 fully saturated rings. The van der Waals surface area contributed by atoms with Crippen molar-refractivity contribution in [1.82, 2.24) is 0 Å². The second-order valence-electron chi connectivity index (χ2n) is 2.81. The number of carbonyl (C=O) groups is 1. The lowest BCUT2D eigenvalue weighted by atomic mass is 10.1. The molecule has 1 rings (SSSR count). The van der Waals surface area contributed by atoms with Crippen LogP contribution in [0.25, 0.3) is 0 Å². The van der Waals surface area contributed by atoms with Gasteiger partial charge in [-0.1, -0.05) is 13.3 Å². The lowest BCUT2D eigenvalue weighted by Gasteiger charge is -1.98. The highest BCUT2D eigenvalue weighted by molar-refractivity contribution is 8.09. The highest BCUT2D eigenvalue weighted by Crippen LogP contribution is 2.55. The van der Waals surface area contributed by atoms with E-state index in [1.807, 2.05) is 0 Å². The number of thioether (sulfide) groups is 1. The topological polar surface area (TPSA) is 37.3 Å². The molecule has 0 spiro atoms. The van der Waals surface area contributed by atoms with E-state index in [4.69, 9.17) is 5.11 Å². The Kier molecular flexibility index (Phi) is 1.95. The lowest BCUT2D eigenvalue weighted by molar-refractivity contribution is -0.138. The Morgan fingerprint density at radius 2 is 2.40 bits per heavy atom. The first-order chi connectivity index (χ1) is 4.61. The van der Waals surface area contributed by atoms with Gasteiger partial charge < -0.3 is 5.11 Å². The average Bonchev–Trinajstić information content (AvgIpc) is 2.45. The van der Waals surface area contributed by atoms with Gasteiger partial charge in [0.25, 0.3) is 0 Å². The van der Waals surface area contributed by atoms with Crippen LogP contribution in [0.3, 0.4) is 0 Å². The molecule has 1 saturated heterocycles. The largest absolute Gasteiger partial charge is 0.480 e. The molecule has 1 aliphatic heterocycles. The zero-order chi connectivity index (χ0) is 7.78. The summed E-state index contributed by atoms with van der Waals surface area (Å²) in [6.45, 7) is 3.89. The molecular weight excluding hydrogens is 148 g/mol. The van der Waals surface area contributed by atoms with Crippen molar-refractivity contribution in [3.63, 3.8) is 0 Å². The quantitative estimate of drug-likeness (QED) is 0.639. The van der Waals surface area contributed by atoms with Crippen LogP contribution in [0.2, 0.25) is 0 Å². The maximum atomic E-state index is 10.5. The Balaban J connectivity index is 2.40. The van der Waals surface area contributed by atoms with Crippen molar-refractivity contribution in [3.05, 3.63) is 0 Å². The number of hydrogen-bond donors (Lipinski definition) is 1. The van der Waals surface area contributed by atoms with Crippen LogP contribution in [0, 0.1) is 0 Å². The fourth-order valence-corrected chi connectivity index (χ4v) is 2.24. The van der Waals surface area contributed by atoms with Gasteiger partial charge in [-0.15, -0.1) is 11.8 Å². The van der Waals surface area contributed by atoms with Crippen molar-refractivity contribution >= 4 is 17.7 Å².